The summed E-state index contributed by atoms with van der Waals surface area (Å²) in [4.78, 5) is 11.3. The first-order valence-electron chi connectivity index (χ1n) is 8.50. The Labute approximate surface area is 149 Å². The number of benzene rings is 2. The molecule has 4 heteroatoms. The van der Waals surface area contributed by atoms with Crippen molar-refractivity contribution in [1.29, 1.82) is 0 Å². The van der Waals surface area contributed by atoms with Crippen molar-refractivity contribution < 1.29 is 0 Å². The molecule has 0 aliphatic heterocycles. The third-order valence-electron chi connectivity index (χ3n) is 4.04. The van der Waals surface area contributed by atoms with E-state index in [1.807, 2.05) is 26.1 Å². The molecule has 0 aliphatic rings. The van der Waals surface area contributed by atoms with Crippen molar-refractivity contribution in [2.75, 3.05) is 17.3 Å². The van der Waals surface area contributed by atoms with Crippen LogP contribution in [0, 0.1) is 13.8 Å². The van der Waals surface area contributed by atoms with Gasteiger partial charge in [-0.15, -0.1) is 0 Å². The molecule has 0 atom stereocenters. The van der Waals surface area contributed by atoms with Crippen LogP contribution in [0.4, 0.5) is 11.8 Å². The maximum Gasteiger partial charge on any atom is 0.227 e. The molecular weight excluding hydrogens is 308 g/mol. The second-order valence-electron chi connectivity index (χ2n) is 6.38. The van der Waals surface area contributed by atoms with Gasteiger partial charge >= 0.3 is 0 Å². The van der Waals surface area contributed by atoms with Crippen LogP contribution in [0.15, 0.2) is 60.7 Å². The number of aryl methyl sites for hydroxylation is 2. The number of rotatable bonds is 6. The SMILES string of the molecule is Cc1ccc(CNc2cc(C)nc(N(C)Cc3ccccc3)n2)cc1. The monoisotopic (exact) mass is 332 g/mol. The molecule has 1 aromatic heterocycles. The minimum absolute atomic E-state index is 0.732. The summed E-state index contributed by atoms with van der Waals surface area (Å²) >= 11 is 0. The molecule has 0 saturated carbocycles. The lowest BCUT2D eigenvalue weighted by atomic mass is 10.1. The van der Waals surface area contributed by atoms with Crippen molar-refractivity contribution in [1.82, 2.24) is 9.97 Å². The summed E-state index contributed by atoms with van der Waals surface area (Å²) in [7, 11) is 2.02. The Morgan fingerprint density at radius 3 is 2.32 bits per heavy atom. The van der Waals surface area contributed by atoms with Crippen LogP contribution in [0.25, 0.3) is 0 Å². The van der Waals surface area contributed by atoms with Gasteiger partial charge in [-0.25, -0.2) is 4.98 Å². The second kappa shape index (κ2) is 7.79. The molecule has 1 N–H and O–H groups in total. The predicted molar refractivity (Wildman–Crippen MR) is 104 cm³/mol. The van der Waals surface area contributed by atoms with E-state index in [9.17, 15) is 0 Å². The van der Waals surface area contributed by atoms with Crippen LogP contribution in [0.1, 0.15) is 22.4 Å². The summed E-state index contributed by atoms with van der Waals surface area (Å²) in [6.45, 7) is 5.62. The fourth-order valence-corrected chi connectivity index (χ4v) is 2.64. The van der Waals surface area contributed by atoms with Crippen molar-refractivity contribution >= 4 is 11.8 Å². The Morgan fingerprint density at radius 2 is 1.60 bits per heavy atom. The van der Waals surface area contributed by atoms with E-state index in [0.29, 0.717) is 0 Å². The summed E-state index contributed by atoms with van der Waals surface area (Å²) in [6, 6.07) is 20.9. The van der Waals surface area contributed by atoms with E-state index in [0.717, 1.165) is 30.5 Å². The standard InChI is InChI=1S/C21H24N4/c1-16-9-11-18(12-10-16)14-22-20-13-17(2)23-21(24-20)25(3)15-19-7-5-4-6-8-19/h4-13H,14-15H2,1-3H3,(H,22,23,24). The van der Waals surface area contributed by atoms with Gasteiger partial charge in [0.05, 0.1) is 0 Å². The van der Waals surface area contributed by atoms with Gasteiger partial charge in [-0.1, -0.05) is 60.2 Å². The minimum atomic E-state index is 0.732. The van der Waals surface area contributed by atoms with Crippen LogP contribution in [-0.2, 0) is 13.1 Å². The van der Waals surface area contributed by atoms with Crippen LogP contribution >= 0.6 is 0 Å². The fourth-order valence-electron chi connectivity index (χ4n) is 2.64. The highest BCUT2D eigenvalue weighted by atomic mass is 15.2. The zero-order chi connectivity index (χ0) is 17.6. The van der Waals surface area contributed by atoms with Crippen LogP contribution in [0.3, 0.4) is 0 Å². The van der Waals surface area contributed by atoms with Crippen LogP contribution in [0.5, 0.6) is 0 Å². The Balaban J connectivity index is 1.70. The first kappa shape index (κ1) is 17.0. The molecule has 0 bridgehead atoms. The molecule has 0 aliphatic carbocycles. The summed E-state index contributed by atoms with van der Waals surface area (Å²) in [5.41, 5.74) is 4.70. The molecule has 0 unspecified atom stereocenters. The molecule has 0 saturated heterocycles. The predicted octanol–water partition coefficient (Wildman–Crippen LogP) is 4.34. The fraction of sp³-hybridized carbons (Fsp3) is 0.238. The summed E-state index contributed by atoms with van der Waals surface area (Å²) in [6.07, 6.45) is 0. The quantitative estimate of drug-likeness (QED) is 0.729. The van der Waals surface area contributed by atoms with E-state index in [1.54, 1.807) is 0 Å². The third kappa shape index (κ3) is 4.80. The van der Waals surface area contributed by atoms with E-state index in [-0.39, 0.29) is 0 Å². The minimum Gasteiger partial charge on any atom is -0.366 e. The van der Waals surface area contributed by atoms with Gasteiger partial charge in [-0.3, -0.25) is 0 Å². The first-order chi connectivity index (χ1) is 12.1. The van der Waals surface area contributed by atoms with Gasteiger partial charge in [0.15, 0.2) is 0 Å². The van der Waals surface area contributed by atoms with Gasteiger partial charge in [0, 0.05) is 31.9 Å². The average molecular weight is 332 g/mol. The molecule has 0 radical (unpaired) electrons. The van der Waals surface area contributed by atoms with Crippen molar-refractivity contribution in [3.8, 4) is 0 Å². The lowest BCUT2D eigenvalue weighted by molar-refractivity contribution is 0.858. The second-order valence-corrected chi connectivity index (χ2v) is 6.38. The van der Waals surface area contributed by atoms with Crippen molar-refractivity contribution in [3.05, 3.63) is 83.0 Å². The number of hydrogen-bond acceptors (Lipinski definition) is 4. The van der Waals surface area contributed by atoms with Crippen molar-refractivity contribution in [2.24, 2.45) is 0 Å². The van der Waals surface area contributed by atoms with Gasteiger partial charge in [0.2, 0.25) is 5.95 Å². The maximum atomic E-state index is 4.67. The maximum absolute atomic E-state index is 4.67. The van der Waals surface area contributed by atoms with Gasteiger partial charge in [-0.2, -0.15) is 4.98 Å². The molecule has 3 rings (SSSR count). The number of nitrogens with one attached hydrogen (secondary N) is 1. The molecule has 128 valence electrons. The van der Waals surface area contributed by atoms with E-state index in [2.05, 4.69) is 75.6 Å². The van der Waals surface area contributed by atoms with E-state index >= 15 is 0 Å². The van der Waals surface area contributed by atoms with Crippen LogP contribution in [-0.4, -0.2) is 17.0 Å². The zero-order valence-electron chi connectivity index (χ0n) is 15.0. The van der Waals surface area contributed by atoms with Crippen molar-refractivity contribution in [2.45, 2.75) is 26.9 Å². The lowest BCUT2D eigenvalue weighted by Gasteiger charge is -2.18. The number of anilines is 2. The molecule has 0 spiro atoms. The Hall–Kier alpha value is -2.88. The van der Waals surface area contributed by atoms with Gasteiger partial charge in [0.1, 0.15) is 5.82 Å². The smallest absolute Gasteiger partial charge is 0.227 e. The number of hydrogen-bond donors (Lipinski definition) is 1. The summed E-state index contributed by atoms with van der Waals surface area (Å²) in [5.74, 6) is 1.58. The summed E-state index contributed by atoms with van der Waals surface area (Å²) < 4.78 is 0. The largest absolute Gasteiger partial charge is 0.366 e. The normalized spacial score (nSPS) is 10.5. The Bertz CT molecular complexity index is 813. The van der Waals surface area contributed by atoms with E-state index < -0.39 is 0 Å². The van der Waals surface area contributed by atoms with Crippen molar-refractivity contribution in [3.63, 3.8) is 0 Å². The third-order valence-corrected chi connectivity index (χ3v) is 4.04. The molecular formula is C21H24N4. The molecule has 3 aromatic rings. The molecule has 0 fully saturated rings. The topological polar surface area (TPSA) is 41.1 Å². The van der Waals surface area contributed by atoms with Crippen LogP contribution < -0.4 is 10.2 Å². The highest BCUT2D eigenvalue weighted by Crippen LogP contribution is 2.16. The molecule has 2 aromatic carbocycles. The lowest BCUT2D eigenvalue weighted by Crippen LogP contribution is -2.20. The molecule has 25 heavy (non-hydrogen) atoms. The molecule has 4 nitrogen and oxygen atoms in total. The number of aromatic nitrogens is 2. The molecule has 1 heterocycles. The number of nitrogens with zero attached hydrogens (tertiary/aromatic N) is 3. The van der Waals surface area contributed by atoms with E-state index in [1.165, 1.54) is 16.7 Å². The van der Waals surface area contributed by atoms with Gasteiger partial charge in [0.25, 0.3) is 0 Å². The highest BCUT2D eigenvalue weighted by molar-refractivity contribution is 5.44. The van der Waals surface area contributed by atoms with E-state index in [4.69, 9.17) is 0 Å². The Morgan fingerprint density at radius 1 is 0.880 bits per heavy atom. The average Bonchev–Trinajstić information content (AvgIpc) is 2.61. The highest BCUT2D eigenvalue weighted by Gasteiger charge is 2.08. The zero-order valence-corrected chi connectivity index (χ0v) is 15.0. The Kier molecular flexibility index (Phi) is 5.29. The summed E-state index contributed by atoms with van der Waals surface area (Å²) in [5, 5.41) is 3.40. The van der Waals surface area contributed by atoms with Gasteiger partial charge < -0.3 is 10.2 Å². The molecule has 0 amide bonds. The van der Waals surface area contributed by atoms with Gasteiger partial charge in [-0.05, 0) is 25.0 Å². The van der Waals surface area contributed by atoms with Crippen LogP contribution in [0.2, 0.25) is 0 Å². The first-order valence-corrected chi connectivity index (χ1v) is 8.50.